The molecule has 0 aliphatic rings. The molecule has 0 spiro atoms. The molecule has 0 radical (unpaired) electrons. The smallest absolute Gasteiger partial charge is 0.239 e. The summed E-state index contributed by atoms with van der Waals surface area (Å²) < 4.78 is 25.6. The normalized spacial score (nSPS) is 11.9. The van der Waals surface area contributed by atoms with Crippen molar-refractivity contribution in [3.8, 4) is 0 Å². The van der Waals surface area contributed by atoms with E-state index >= 15 is 0 Å². The van der Waals surface area contributed by atoms with Gasteiger partial charge in [-0.05, 0) is 54.8 Å². The number of likely N-dealkylation sites (N-methyl/N-ethyl adjacent to an activating group) is 1. The van der Waals surface area contributed by atoms with Gasteiger partial charge in [-0.3, -0.25) is 4.79 Å². The monoisotopic (exact) mass is 392 g/mol. The Morgan fingerprint density at radius 3 is 2.46 bits per heavy atom. The van der Waals surface area contributed by atoms with Gasteiger partial charge < -0.3 is 5.32 Å². The van der Waals surface area contributed by atoms with Crippen molar-refractivity contribution >= 4 is 39.3 Å². The summed E-state index contributed by atoms with van der Waals surface area (Å²) in [5.41, 5.74) is 3.38. The van der Waals surface area contributed by atoms with Crippen LogP contribution >= 0.6 is 11.6 Å². The molecule has 2 rings (SSSR count). The lowest BCUT2D eigenvalue weighted by Gasteiger charge is -2.15. The van der Waals surface area contributed by atoms with Crippen LogP contribution in [0.5, 0.6) is 0 Å². The molecule has 1 N–H and O–H groups in total. The van der Waals surface area contributed by atoms with Crippen LogP contribution in [0.3, 0.4) is 0 Å². The Balaban J connectivity index is 2.02. The van der Waals surface area contributed by atoms with Gasteiger partial charge in [0.05, 0.1) is 6.54 Å². The van der Waals surface area contributed by atoms with Crippen molar-refractivity contribution in [2.24, 2.45) is 0 Å². The van der Waals surface area contributed by atoms with Crippen molar-refractivity contribution in [3.05, 3.63) is 69.6 Å². The van der Waals surface area contributed by atoms with E-state index in [9.17, 15) is 13.2 Å². The summed E-state index contributed by atoms with van der Waals surface area (Å²) in [6.07, 6.45) is 1.46. The van der Waals surface area contributed by atoms with Gasteiger partial charge in [-0.2, -0.15) is 4.31 Å². The van der Waals surface area contributed by atoms with Crippen LogP contribution in [0.2, 0.25) is 5.02 Å². The standard InChI is InChI=1S/C19H21ClN2O3S/c1-14-5-4-6-18(15(14)2)21-19(23)13-22(3)26(24,25)12-11-16-7-9-17(20)10-8-16/h4-12H,13H2,1-3H3,(H,21,23)/b12-11+. The van der Waals surface area contributed by atoms with Crippen LogP contribution in [0.1, 0.15) is 16.7 Å². The molecular weight excluding hydrogens is 372 g/mol. The van der Waals surface area contributed by atoms with Crippen molar-refractivity contribution in [1.82, 2.24) is 4.31 Å². The van der Waals surface area contributed by atoms with Gasteiger partial charge in [0.25, 0.3) is 0 Å². The number of amides is 1. The van der Waals surface area contributed by atoms with Crippen LogP contribution in [0.25, 0.3) is 6.08 Å². The molecule has 0 bridgehead atoms. The molecule has 0 saturated carbocycles. The molecule has 2 aromatic rings. The highest BCUT2D eigenvalue weighted by Crippen LogP contribution is 2.18. The minimum absolute atomic E-state index is 0.277. The van der Waals surface area contributed by atoms with E-state index in [-0.39, 0.29) is 6.54 Å². The van der Waals surface area contributed by atoms with Crippen LogP contribution in [-0.4, -0.2) is 32.2 Å². The molecule has 0 aliphatic carbocycles. The molecule has 26 heavy (non-hydrogen) atoms. The number of aryl methyl sites for hydroxylation is 1. The van der Waals surface area contributed by atoms with E-state index in [4.69, 9.17) is 11.6 Å². The molecule has 0 aliphatic heterocycles. The van der Waals surface area contributed by atoms with Gasteiger partial charge in [-0.15, -0.1) is 0 Å². The molecule has 0 saturated heterocycles. The Bertz CT molecular complexity index is 922. The molecule has 2 aromatic carbocycles. The lowest BCUT2D eigenvalue weighted by Crippen LogP contribution is -2.33. The van der Waals surface area contributed by atoms with Crippen molar-refractivity contribution < 1.29 is 13.2 Å². The molecule has 0 atom stereocenters. The summed E-state index contributed by atoms with van der Waals surface area (Å²) in [5, 5.41) is 4.40. The Morgan fingerprint density at radius 2 is 1.81 bits per heavy atom. The van der Waals surface area contributed by atoms with Crippen molar-refractivity contribution in [1.29, 1.82) is 0 Å². The first-order valence-corrected chi connectivity index (χ1v) is 9.83. The minimum Gasteiger partial charge on any atom is -0.325 e. The fraction of sp³-hybridized carbons (Fsp3) is 0.211. The van der Waals surface area contributed by atoms with E-state index in [2.05, 4.69) is 5.32 Å². The SMILES string of the molecule is Cc1cccc(NC(=O)CN(C)S(=O)(=O)/C=C/c2ccc(Cl)cc2)c1C. The number of sulfonamides is 1. The van der Waals surface area contributed by atoms with Gasteiger partial charge in [0.15, 0.2) is 0 Å². The molecule has 0 fully saturated rings. The van der Waals surface area contributed by atoms with Crippen molar-refractivity contribution in [2.75, 3.05) is 18.9 Å². The third-order valence-electron chi connectivity index (χ3n) is 3.98. The van der Waals surface area contributed by atoms with Crippen molar-refractivity contribution in [3.63, 3.8) is 0 Å². The maximum absolute atomic E-state index is 12.3. The zero-order chi connectivity index (χ0) is 19.3. The lowest BCUT2D eigenvalue weighted by atomic mass is 10.1. The van der Waals surface area contributed by atoms with E-state index in [0.29, 0.717) is 16.3 Å². The molecule has 5 nitrogen and oxygen atoms in total. The molecule has 1 amide bonds. The Kier molecular flexibility index (Phi) is 6.58. The third kappa shape index (κ3) is 5.42. The fourth-order valence-corrected chi connectivity index (χ4v) is 3.17. The number of carbonyl (C=O) groups excluding carboxylic acids is 1. The van der Waals surface area contributed by atoms with E-state index in [1.807, 2.05) is 26.0 Å². The average Bonchev–Trinajstić information content (AvgIpc) is 2.58. The molecule has 7 heteroatoms. The first kappa shape index (κ1) is 20.2. The van der Waals surface area contributed by atoms with E-state index in [1.54, 1.807) is 30.3 Å². The Hall–Kier alpha value is -2.15. The van der Waals surface area contributed by atoms with E-state index in [1.165, 1.54) is 13.1 Å². The number of halogens is 1. The molecule has 0 aromatic heterocycles. The van der Waals surface area contributed by atoms with Gasteiger partial charge in [0, 0.05) is 23.2 Å². The zero-order valence-electron chi connectivity index (χ0n) is 14.9. The number of anilines is 1. The summed E-state index contributed by atoms with van der Waals surface area (Å²) in [5.74, 6) is -0.398. The molecule has 138 valence electrons. The number of rotatable bonds is 6. The van der Waals surface area contributed by atoms with E-state index in [0.717, 1.165) is 20.8 Å². The highest BCUT2D eigenvalue weighted by Gasteiger charge is 2.18. The predicted octanol–water partition coefficient (Wildman–Crippen LogP) is 3.83. The van der Waals surface area contributed by atoms with Crippen LogP contribution in [0.4, 0.5) is 5.69 Å². The van der Waals surface area contributed by atoms with Crippen LogP contribution in [0, 0.1) is 13.8 Å². The molecular formula is C19H21ClN2O3S. The second-order valence-electron chi connectivity index (χ2n) is 5.95. The molecule has 0 heterocycles. The number of hydrogen-bond acceptors (Lipinski definition) is 3. The van der Waals surface area contributed by atoms with Gasteiger partial charge in [-0.1, -0.05) is 35.9 Å². The number of hydrogen-bond donors (Lipinski definition) is 1. The fourth-order valence-electron chi connectivity index (χ4n) is 2.21. The number of nitrogens with zero attached hydrogens (tertiary/aromatic N) is 1. The highest BCUT2D eigenvalue weighted by molar-refractivity contribution is 7.92. The topological polar surface area (TPSA) is 66.5 Å². The second kappa shape index (κ2) is 8.49. The average molecular weight is 393 g/mol. The lowest BCUT2D eigenvalue weighted by molar-refractivity contribution is -0.116. The summed E-state index contributed by atoms with van der Waals surface area (Å²) in [6.45, 7) is 3.57. The zero-order valence-corrected chi connectivity index (χ0v) is 16.4. The van der Waals surface area contributed by atoms with Crippen LogP contribution < -0.4 is 5.32 Å². The summed E-state index contributed by atoms with van der Waals surface area (Å²) in [4.78, 5) is 12.2. The Labute approximate surface area is 159 Å². The quantitative estimate of drug-likeness (QED) is 0.812. The van der Waals surface area contributed by atoms with Gasteiger partial charge in [-0.25, -0.2) is 8.42 Å². The third-order valence-corrected chi connectivity index (χ3v) is 5.71. The largest absolute Gasteiger partial charge is 0.325 e. The van der Waals surface area contributed by atoms with Gasteiger partial charge >= 0.3 is 0 Å². The first-order valence-electron chi connectivity index (χ1n) is 7.95. The maximum Gasteiger partial charge on any atom is 0.239 e. The number of carbonyl (C=O) groups is 1. The minimum atomic E-state index is -3.72. The summed E-state index contributed by atoms with van der Waals surface area (Å²) >= 11 is 5.80. The first-order chi connectivity index (χ1) is 12.2. The van der Waals surface area contributed by atoms with E-state index < -0.39 is 15.9 Å². The maximum atomic E-state index is 12.3. The van der Waals surface area contributed by atoms with Crippen LogP contribution in [-0.2, 0) is 14.8 Å². The summed E-state index contributed by atoms with van der Waals surface area (Å²) in [7, 11) is -2.35. The van der Waals surface area contributed by atoms with Crippen LogP contribution in [0.15, 0.2) is 47.9 Å². The highest BCUT2D eigenvalue weighted by atomic mass is 35.5. The predicted molar refractivity (Wildman–Crippen MR) is 107 cm³/mol. The number of nitrogens with one attached hydrogen (secondary N) is 1. The van der Waals surface area contributed by atoms with Crippen molar-refractivity contribution in [2.45, 2.75) is 13.8 Å². The second-order valence-corrected chi connectivity index (χ2v) is 8.31. The summed E-state index contributed by atoms with van der Waals surface area (Å²) in [6, 6.07) is 12.3. The Morgan fingerprint density at radius 1 is 1.15 bits per heavy atom. The van der Waals surface area contributed by atoms with Gasteiger partial charge in [0.1, 0.15) is 0 Å². The van der Waals surface area contributed by atoms with Gasteiger partial charge in [0.2, 0.25) is 15.9 Å². The number of benzene rings is 2. The molecule has 0 unspecified atom stereocenters.